The van der Waals surface area contributed by atoms with Crippen LogP contribution < -0.4 is 5.32 Å². The Morgan fingerprint density at radius 1 is 1.40 bits per heavy atom. The number of hydrogen-bond donors (Lipinski definition) is 1. The molecule has 0 radical (unpaired) electrons. The van der Waals surface area contributed by atoms with Gasteiger partial charge in [-0.2, -0.15) is 5.10 Å². The molecule has 1 unspecified atom stereocenters. The summed E-state index contributed by atoms with van der Waals surface area (Å²) in [6, 6.07) is 0. The lowest BCUT2D eigenvalue weighted by molar-refractivity contribution is 0.741. The number of nitrogens with zero attached hydrogens (tertiary/aromatic N) is 3. The van der Waals surface area contributed by atoms with Crippen LogP contribution in [0.1, 0.15) is 17.9 Å². The van der Waals surface area contributed by atoms with E-state index in [1.165, 1.54) is 17.5 Å². The topological polar surface area (TPSA) is 42.7 Å². The molecule has 0 saturated carbocycles. The molecule has 4 nitrogen and oxygen atoms in total. The quantitative estimate of drug-likeness (QED) is 0.751. The summed E-state index contributed by atoms with van der Waals surface area (Å²) in [6.07, 6.45) is 6.95. The maximum absolute atomic E-state index is 4.29. The van der Waals surface area contributed by atoms with E-state index < -0.39 is 0 Å². The maximum atomic E-state index is 4.29. The van der Waals surface area contributed by atoms with Gasteiger partial charge in [-0.05, 0) is 13.0 Å². The summed E-state index contributed by atoms with van der Waals surface area (Å²) in [7, 11) is 1.99. The van der Waals surface area contributed by atoms with Crippen molar-refractivity contribution in [2.75, 3.05) is 13.1 Å². The normalized spacial score (nSPS) is 21.3. The van der Waals surface area contributed by atoms with Gasteiger partial charge in [-0.25, -0.2) is 0 Å². The minimum Gasteiger partial charge on any atom is -0.316 e. The van der Waals surface area contributed by atoms with Crippen molar-refractivity contribution in [1.82, 2.24) is 20.1 Å². The van der Waals surface area contributed by atoms with Crippen molar-refractivity contribution in [3.05, 3.63) is 24.2 Å². The fourth-order valence-corrected chi connectivity index (χ4v) is 2.38. The van der Waals surface area contributed by atoms with Gasteiger partial charge in [0.25, 0.3) is 0 Å². The Morgan fingerprint density at radius 2 is 2.33 bits per heavy atom. The molecular formula is C11H14N4. The van der Waals surface area contributed by atoms with Gasteiger partial charge in [0.2, 0.25) is 0 Å². The fraction of sp³-hybridized carbons (Fsp3) is 0.455. The fourth-order valence-electron chi connectivity index (χ4n) is 2.38. The Labute approximate surface area is 88.3 Å². The average molecular weight is 202 g/mol. The van der Waals surface area contributed by atoms with E-state index in [-0.39, 0.29) is 0 Å². The van der Waals surface area contributed by atoms with Crippen LogP contribution in [-0.2, 0) is 7.05 Å². The first-order valence-corrected chi connectivity index (χ1v) is 5.32. The molecule has 1 saturated heterocycles. The Kier molecular flexibility index (Phi) is 1.95. The van der Waals surface area contributed by atoms with Crippen LogP contribution in [0.3, 0.4) is 0 Å². The first kappa shape index (κ1) is 8.85. The van der Waals surface area contributed by atoms with E-state index in [1.807, 2.05) is 30.3 Å². The SMILES string of the molecule is Cn1ncc2cncc(C3CCNC3)c21. The second kappa shape index (κ2) is 3.31. The second-order valence-corrected chi connectivity index (χ2v) is 4.12. The van der Waals surface area contributed by atoms with Gasteiger partial charge in [-0.1, -0.05) is 0 Å². The smallest absolute Gasteiger partial charge is 0.0745 e. The van der Waals surface area contributed by atoms with Crippen LogP contribution in [0.4, 0.5) is 0 Å². The molecule has 15 heavy (non-hydrogen) atoms. The molecule has 1 fully saturated rings. The summed E-state index contributed by atoms with van der Waals surface area (Å²) in [5.74, 6) is 0.594. The van der Waals surface area contributed by atoms with Crippen LogP contribution in [-0.4, -0.2) is 27.9 Å². The van der Waals surface area contributed by atoms with Crippen molar-refractivity contribution in [2.45, 2.75) is 12.3 Å². The third kappa shape index (κ3) is 1.33. The summed E-state index contributed by atoms with van der Waals surface area (Å²) in [6.45, 7) is 2.17. The van der Waals surface area contributed by atoms with Gasteiger partial charge < -0.3 is 5.32 Å². The van der Waals surface area contributed by atoms with Crippen LogP contribution in [0.2, 0.25) is 0 Å². The summed E-state index contributed by atoms with van der Waals surface area (Å²) >= 11 is 0. The molecule has 1 aliphatic heterocycles. The summed E-state index contributed by atoms with van der Waals surface area (Å²) in [5, 5.41) is 8.81. The lowest BCUT2D eigenvalue weighted by Gasteiger charge is -2.10. The van der Waals surface area contributed by atoms with Gasteiger partial charge in [-0.15, -0.1) is 0 Å². The van der Waals surface area contributed by atoms with Gasteiger partial charge >= 0.3 is 0 Å². The number of aromatic nitrogens is 3. The predicted molar refractivity (Wildman–Crippen MR) is 58.7 cm³/mol. The largest absolute Gasteiger partial charge is 0.316 e. The molecule has 1 N–H and O–H groups in total. The Balaban J connectivity index is 2.19. The van der Waals surface area contributed by atoms with E-state index in [0.717, 1.165) is 18.5 Å². The number of fused-ring (bicyclic) bond motifs is 1. The van der Waals surface area contributed by atoms with Gasteiger partial charge in [0, 0.05) is 42.9 Å². The molecule has 0 spiro atoms. The lowest BCUT2D eigenvalue weighted by Crippen LogP contribution is -2.09. The van der Waals surface area contributed by atoms with Crippen LogP contribution >= 0.6 is 0 Å². The average Bonchev–Trinajstić information content (AvgIpc) is 2.88. The van der Waals surface area contributed by atoms with Crippen molar-refractivity contribution in [3.8, 4) is 0 Å². The second-order valence-electron chi connectivity index (χ2n) is 4.12. The summed E-state index contributed by atoms with van der Waals surface area (Å²) in [4.78, 5) is 4.29. The number of aryl methyl sites for hydroxylation is 1. The highest BCUT2D eigenvalue weighted by atomic mass is 15.2. The molecule has 2 aromatic rings. The summed E-state index contributed by atoms with van der Waals surface area (Å²) in [5.41, 5.74) is 2.57. The monoisotopic (exact) mass is 202 g/mol. The standard InChI is InChI=1S/C11H14N4/c1-15-11-9(6-14-15)5-13-7-10(11)8-2-3-12-4-8/h5-8,12H,2-4H2,1H3. The predicted octanol–water partition coefficient (Wildman–Crippen LogP) is 1.05. The van der Waals surface area contributed by atoms with Crippen molar-refractivity contribution in [2.24, 2.45) is 7.05 Å². The summed E-state index contributed by atoms with van der Waals surface area (Å²) < 4.78 is 1.95. The molecule has 1 aliphatic rings. The highest BCUT2D eigenvalue weighted by Gasteiger charge is 2.20. The van der Waals surface area contributed by atoms with Crippen molar-refractivity contribution in [1.29, 1.82) is 0 Å². The Hall–Kier alpha value is -1.42. The highest BCUT2D eigenvalue weighted by Crippen LogP contribution is 2.27. The van der Waals surface area contributed by atoms with E-state index in [2.05, 4.69) is 15.4 Å². The van der Waals surface area contributed by atoms with E-state index in [4.69, 9.17) is 0 Å². The molecule has 0 amide bonds. The molecule has 4 heteroatoms. The minimum atomic E-state index is 0.594. The van der Waals surface area contributed by atoms with E-state index in [0.29, 0.717) is 5.92 Å². The zero-order valence-electron chi connectivity index (χ0n) is 8.77. The minimum absolute atomic E-state index is 0.594. The first-order chi connectivity index (χ1) is 7.36. The molecule has 2 aromatic heterocycles. The highest BCUT2D eigenvalue weighted by molar-refractivity contribution is 5.81. The molecule has 3 rings (SSSR count). The lowest BCUT2D eigenvalue weighted by atomic mass is 9.98. The van der Waals surface area contributed by atoms with Crippen molar-refractivity contribution < 1.29 is 0 Å². The number of nitrogens with one attached hydrogen (secondary N) is 1. The van der Waals surface area contributed by atoms with Gasteiger partial charge in [0.15, 0.2) is 0 Å². The third-order valence-electron chi connectivity index (χ3n) is 3.17. The molecule has 3 heterocycles. The van der Waals surface area contributed by atoms with Crippen LogP contribution in [0, 0.1) is 0 Å². The molecule has 0 aromatic carbocycles. The van der Waals surface area contributed by atoms with Crippen molar-refractivity contribution in [3.63, 3.8) is 0 Å². The maximum Gasteiger partial charge on any atom is 0.0745 e. The molecule has 78 valence electrons. The molecule has 1 atom stereocenters. The molecular weight excluding hydrogens is 188 g/mol. The van der Waals surface area contributed by atoms with E-state index in [1.54, 1.807) is 0 Å². The number of pyridine rings is 1. The van der Waals surface area contributed by atoms with E-state index >= 15 is 0 Å². The van der Waals surface area contributed by atoms with Crippen LogP contribution in [0.5, 0.6) is 0 Å². The zero-order chi connectivity index (χ0) is 10.3. The molecule has 0 aliphatic carbocycles. The zero-order valence-corrected chi connectivity index (χ0v) is 8.77. The van der Waals surface area contributed by atoms with Crippen LogP contribution in [0.15, 0.2) is 18.6 Å². The van der Waals surface area contributed by atoms with Crippen molar-refractivity contribution >= 4 is 10.9 Å². The van der Waals surface area contributed by atoms with Gasteiger partial charge in [-0.3, -0.25) is 9.67 Å². The van der Waals surface area contributed by atoms with E-state index in [9.17, 15) is 0 Å². The third-order valence-corrected chi connectivity index (χ3v) is 3.17. The number of hydrogen-bond acceptors (Lipinski definition) is 3. The Bertz CT molecular complexity index is 482. The van der Waals surface area contributed by atoms with Gasteiger partial charge in [0.1, 0.15) is 0 Å². The van der Waals surface area contributed by atoms with Gasteiger partial charge in [0.05, 0.1) is 11.7 Å². The molecule has 0 bridgehead atoms. The van der Waals surface area contributed by atoms with Crippen LogP contribution in [0.25, 0.3) is 10.9 Å². The Morgan fingerprint density at radius 3 is 3.13 bits per heavy atom. The number of rotatable bonds is 1. The first-order valence-electron chi connectivity index (χ1n) is 5.32.